The molecular weight excluding hydrogens is 444 g/mol. The van der Waals surface area contributed by atoms with Crippen LogP contribution in [0, 0.1) is 13.8 Å². The average Bonchev–Trinajstić information content (AvgIpc) is 2.82. The fraction of sp³-hybridized carbons (Fsp3) is 0.321. The van der Waals surface area contributed by atoms with Crippen molar-refractivity contribution in [3.05, 3.63) is 95.1 Å². The number of rotatable bonds is 9. The summed E-state index contributed by atoms with van der Waals surface area (Å²) in [6, 6.07) is 21.9. The van der Waals surface area contributed by atoms with Gasteiger partial charge in [0.15, 0.2) is 0 Å². The van der Waals surface area contributed by atoms with Gasteiger partial charge in [-0.05, 0) is 61.6 Å². The Morgan fingerprint density at radius 1 is 0.824 bits per heavy atom. The third-order valence-corrected chi connectivity index (χ3v) is 7.76. The molecule has 1 N–H and O–H groups in total. The number of carbonyl (C=O) groups is 1. The lowest BCUT2D eigenvalue weighted by atomic mass is 10.0. The molecule has 0 heterocycles. The van der Waals surface area contributed by atoms with Crippen molar-refractivity contribution in [2.75, 3.05) is 10.8 Å². The second kappa shape index (κ2) is 10.9. The van der Waals surface area contributed by atoms with Gasteiger partial charge in [0.2, 0.25) is 5.91 Å². The van der Waals surface area contributed by atoms with Crippen molar-refractivity contribution in [1.82, 2.24) is 5.32 Å². The third-order valence-electron chi connectivity index (χ3n) is 5.97. The summed E-state index contributed by atoms with van der Waals surface area (Å²) in [7, 11) is -3.94. The molecule has 0 spiro atoms. The predicted octanol–water partition coefficient (Wildman–Crippen LogP) is 5.89. The summed E-state index contributed by atoms with van der Waals surface area (Å²) in [6.07, 6.45) is 0.697. The Hall–Kier alpha value is -3.12. The molecule has 0 radical (unpaired) electrons. The first-order chi connectivity index (χ1) is 16.1. The maximum Gasteiger partial charge on any atom is 0.264 e. The number of anilines is 1. The smallest absolute Gasteiger partial charge is 0.264 e. The molecule has 0 bridgehead atoms. The molecule has 3 rings (SSSR count). The van der Waals surface area contributed by atoms with Crippen molar-refractivity contribution >= 4 is 21.6 Å². The quantitative estimate of drug-likeness (QED) is 0.417. The van der Waals surface area contributed by atoms with Gasteiger partial charge in [-0.15, -0.1) is 0 Å². The molecule has 1 atom stereocenters. The number of hydrogen-bond acceptors (Lipinski definition) is 3. The van der Waals surface area contributed by atoms with Crippen LogP contribution in [0.5, 0.6) is 0 Å². The summed E-state index contributed by atoms with van der Waals surface area (Å²) in [5.74, 6) is -0.0321. The highest BCUT2D eigenvalue weighted by molar-refractivity contribution is 7.92. The fourth-order valence-corrected chi connectivity index (χ4v) is 5.19. The van der Waals surface area contributed by atoms with Gasteiger partial charge in [0.1, 0.15) is 6.54 Å². The van der Waals surface area contributed by atoms with E-state index < -0.39 is 10.0 Å². The largest absolute Gasteiger partial charge is 0.348 e. The Morgan fingerprint density at radius 2 is 1.32 bits per heavy atom. The van der Waals surface area contributed by atoms with Crippen LogP contribution in [0.2, 0.25) is 0 Å². The van der Waals surface area contributed by atoms with Crippen LogP contribution < -0.4 is 9.62 Å². The van der Waals surface area contributed by atoms with E-state index in [0.29, 0.717) is 18.0 Å². The maximum absolute atomic E-state index is 13.6. The molecule has 6 heteroatoms. The van der Waals surface area contributed by atoms with Gasteiger partial charge >= 0.3 is 0 Å². The second-order valence-electron chi connectivity index (χ2n) is 9.01. The van der Waals surface area contributed by atoms with E-state index in [2.05, 4.69) is 19.2 Å². The van der Waals surface area contributed by atoms with Crippen LogP contribution >= 0.6 is 0 Å². The van der Waals surface area contributed by atoms with Crippen LogP contribution in [-0.4, -0.2) is 20.9 Å². The molecule has 0 aliphatic carbocycles. The molecular formula is C28H34N2O3S. The van der Waals surface area contributed by atoms with Gasteiger partial charge in [-0.3, -0.25) is 9.10 Å². The van der Waals surface area contributed by atoms with E-state index in [4.69, 9.17) is 0 Å². The number of hydrogen-bond donors (Lipinski definition) is 1. The molecule has 3 aromatic carbocycles. The molecule has 3 aromatic rings. The van der Waals surface area contributed by atoms with Crippen LogP contribution in [-0.2, 0) is 14.8 Å². The van der Waals surface area contributed by atoms with Crippen molar-refractivity contribution in [2.45, 2.75) is 57.9 Å². The van der Waals surface area contributed by atoms with E-state index in [9.17, 15) is 13.2 Å². The van der Waals surface area contributed by atoms with E-state index in [-0.39, 0.29) is 23.4 Å². The molecule has 34 heavy (non-hydrogen) atoms. The number of amides is 1. The van der Waals surface area contributed by atoms with Gasteiger partial charge in [0, 0.05) is 0 Å². The highest BCUT2D eigenvalue weighted by Crippen LogP contribution is 2.26. The minimum atomic E-state index is -3.94. The Morgan fingerprint density at radius 3 is 1.82 bits per heavy atom. The second-order valence-corrected chi connectivity index (χ2v) is 10.9. The van der Waals surface area contributed by atoms with Crippen LogP contribution in [0.25, 0.3) is 0 Å². The summed E-state index contributed by atoms with van der Waals surface area (Å²) in [5.41, 5.74) is 4.67. The highest BCUT2D eigenvalue weighted by atomic mass is 32.2. The standard InChI is InChI=1S/C28H34N2O3S/c1-6-27(24-11-7-21(4)8-12-24)29-28(31)19-30(25-15-13-23(14-16-25)20(2)3)34(32,33)26-17-9-22(5)10-18-26/h7-18,20,27H,6,19H2,1-5H3,(H,29,31)/t27-/m1/s1. The minimum absolute atomic E-state index is 0.157. The summed E-state index contributed by atoms with van der Waals surface area (Å²) in [6.45, 7) is 9.78. The Bertz CT molecular complexity index is 1200. The first-order valence-corrected chi connectivity index (χ1v) is 13.1. The molecule has 180 valence electrons. The van der Waals surface area contributed by atoms with E-state index in [1.165, 1.54) is 4.31 Å². The monoisotopic (exact) mass is 478 g/mol. The predicted molar refractivity (Wildman–Crippen MR) is 139 cm³/mol. The third kappa shape index (κ3) is 6.06. The molecule has 0 saturated heterocycles. The first-order valence-electron chi connectivity index (χ1n) is 11.7. The van der Waals surface area contributed by atoms with Crippen LogP contribution in [0.15, 0.2) is 77.7 Å². The van der Waals surface area contributed by atoms with Crippen molar-refractivity contribution in [3.8, 4) is 0 Å². The topological polar surface area (TPSA) is 66.5 Å². The lowest BCUT2D eigenvalue weighted by Gasteiger charge is -2.26. The van der Waals surface area contributed by atoms with Crippen LogP contribution in [0.1, 0.15) is 61.4 Å². The highest BCUT2D eigenvalue weighted by Gasteiger charge is 2.28. The van der Waals surface area contributed by atoms with Crippen LogP contribution in [0.3, 0.4) is 0 Å². The number of aryl methyl sites for hydroxylation is 2. The lowest BCUT2D eigenvalue weighted by molar-refractivity contribution is -0.120. The molecule has 0 aliphatic rings. The van der Waals surface area contributed by atoms with Crippen molar-refractivity contribution < 1.29 is 13.2 Å². The zero-order chi connectivity index (χ0) is 24.9. The van der Waals surface area contributed by atoms with E-state index >= 15 is 0 Å². The molecule has 5 nitrogen and oxygen atoms in total. The Kier molecular flexibility index (Phi) is 8.15. The van der Waals surface area contributed by atoms with Gasteiger partial charge in [0.25, 0.3) is 10.0 Å². The van der Waals surface area contributed by atoms with E-state index in [0.717, 1.165) is 22.3 Å². The summed E-state index contributed by atoms with van der Waals surface area (Å²) in [5, 5.41) is 3.02. The average molecular weight is 479 g/mol. The number of carbonyl (C=O) groups excluding carboxylic acids is 1. The number of nitrogens with one attached hydrogen (secondary N) is 1. The normalized spacial score (nSPS) is 12.4. The number of nitrogens with zero attached hydrogens (tertiary/aromatic N) is 1. The van der Waals surface area contributed by atoms with Crippen LogP contribution in [0.4, 0.5) is 5.69 Å². The SMILES string of the molecule is CC[C@@H](NC(=O)CN(c1ccc(C(C)C)cc1)S(=O)(=O)c1ccc(C)cc1)c1ccc(C)cc1. The van der Waals surface area contributed by atoms with Gasteiger partial charge in [-0.25, -0.2) is 8.42 Å². The van der Waals surface area contributed by atoms with Gasteiger partial charge < -0.3 is 5.32 Å². The van der Waals surface area contributed by atoms with Crippen molar-refractivity contribution in [1.29, 1.82) is 0 Å². The lowest BCUT2D eigenvalue weighted by Crippen LogP contribution is -2.42. The van der Waals surface area contributed by atoms with Gasteiger partial charge in [-0.2, -0.15) is 0 Å². The zero-order valence-electron chi connectivity index (χ0n) is 20.6. The van der Waals surface area contributed by atoms with Gasteiger partial charge in [0.05, 0.1) is 16.6 Å². The fourth-order valence-electron chi connectivity index (χ4n) is 3.77. The Labute approximate surface area is 203 Å². The van der Waals surface area contributed by atoms with Gasteiger partial charge in [-0.1, -0.05) is 80.4 Å². The van der Waals surface area contributed by atoms with E-state index in [1.54, 1.807) is 36.4 Å². The summed E-state index contributed by atoms with van der Waals surface area (Å²) < 4.78 is 28.4. The molecule has 0 saturated carbocycles. The maximum atomic E-state index is 13.6. The number of sulfonamides is 1. The molecule has 0 aliphatic heterocycles. The molecule has 1 amide bonds. The number of benzene rings is 3. The zero-order valence-corrected chi connectivity index (χ0v) is 21.4. The first kappa shape index (κ1) is 25.5. The molecule has 0 unspecified atom stereocenters. The molecule has 0 aromatic heterocycles. The van der Waals surface area contributed by atoms with Crippen molar-refractivity contribution in [2.24, 2.45) is 0 Å². The van der Waals surface area contributed by atoms with Crippen molar-refractivity contribution in [3.63, 3.8) is 0 Å². The summed E-state index contributed by atoms with van der Waals surface area (Å²) >= 11 is 0. The minimum Gasteiger partial charge on any atom is -0.348 e. The summed E-state index contributed by atoms with van der Waals surface area (Å²) in [4.78, 5) is 13.3. The van der Waals surface area contributed by atoms with E-state index in [1.807, 2.05) is 57.2 Å². The molecule has 0 fully saturated rings. The Balaban J connectivity index is 1.92.